The fourth-order valence-electron chi connectivity index (χ4n) is 2.51. The van der Waals surface area contributed by atoms with Gasteiger partial charge in [0.05, 0.1) is 11.1 Å². The van der Waals surface area contributed by atoms with Crippen LogP contribution in [0.5, 0.6) is 0 Å². The Bertz CT molecular complexity index is 566. The molecule has 0 aromatic heterocycles. The molecule has 0 bridgehead atoms. The molecular formula is C14H17NO5. The Kier molecular flexibility index (Phi) is 3.11. The highest BCUT2D eigenvalue weighted by atomic mass is 16.6. The van der Waals surface area contributed by atoms with Gasteiger partial charge >= 0.3 is 11.9 Å². The van der Waals surface area contributed by atoms with Gasteiger partial charge in [0.25, 0.3) is 0 Å². The topological polar surface area (TPSA) is 87.1 Å². The minimum Gasteiger partial charge on any atom is -0.386 e. The Labute approximate surface area is 116 Å². The Morgan fingerprint density at radius 3 is 1.95 bits per heavy atom. The number of fused-ring (bicyclic) bond motifs is 1. The maximum absolute atomic E-state index is 11.6. The molecular weight excluding hydrogens is 262 g/mol. The van der Waals surface area contributed by atoms with Crippen LogP contribution in [0.25, 0.3) is 0 Å². The second-order valence-corrected chi connectivity index (χ2v) is 5.73. The minimum atomic E-state index is -1.36. The summed E-state index contributed by atoms with van der Waals surface area (Å²) in [6.07, 6.45) is 0. The smallest absolute Gasteiger partial charge is 0.346 e. The van der Waals surface area contributed by atoms with Crippen LogP contribution in [0.4, 0.5) is 5.69 Å². The molecule has 0 radical (unpaired) electrons. The number of hydrogen-bond acceptors (Lipinski definition) is 6. The van der Waals surface area contributed by atoms with Gasteiger partial charge in [-0.05, 0) is 45.9 Å². The van der Waals surface area contributed by atoms with E-state index in [1.165, 1.54) is 44.7 Å². The van der Waals surface area contributed by atoms with Gasteiger partial charge in [-0.2, -0.15) is 0 Å². The molecule has 20 heavy (non-hydrogen) atoms. The molecule has 0 atom stereocenters. The van der Waals surface area contributed by atoms with E-state index in [2.05, 4.69) is 4.74 Å². The summed E-state index contributed by atoms with van der Waals surface area (Å²) in [7, 11) is 0. The number of benzene rings is 1. The number of hydrogen-bond donors (Lipinski definition) is 2. The molecule has 1 aromatic rings. The lowest BCUT2D eigenvalue weighted by Gasteiger charge is -2.44. The van der Waals surface area contributed by atoms with Gasteiger partial charge in [0.1, 0.15) is 11.4 Å². The van der Waals surface area contributed by atoms with Crippen LogP contribution < -0.4 is 4.90 Å². The van der Waals surface area contributed by atoms with Gasteiger partial charge in [-0.1, -0.05) is 0 Å². The largest absolute Gasteiger partial charge is 0.386 e. The second-order valence-electron chi connectivity index (χ2n) is 5.73. The van der Waals surface area contributed by atoms with Gasteiger partial charge in [-0.25, -0.2) is 9.59 Å². The molecule has 1 aliphatic heterocycles. The zero-order valence-corrected chi connectivity index (χ0v) is 11.8. The first-order chi connectivity index (χ1) is 9.01. The summed E-state index contributed by atoms with van der Waals surface area (Å²) in [5.41, 5.74) is -2.00. The van der Waals surface area contributed by atoms with E-state index in [1.807, 2.05) is 0 Å². The van der Waals surface area contributed by atoms with E-state index in [-0.39, 0.29) is 11.1 Å². The van der Waals surface area contributed by atoms with Crippen LogP contribution in [0.2, 0.25) is 0 Å². The zero-order chi connectivity index (χ0) is 15.3. The average molecular weight is 279 g/mol. The summed E-state index contributed by atoms with van der Waals surface area (Å²) in [5.74, 6) is -1.41. The Morgan fingerprint density at radius 2 is 1.45 bits per heavy atom. The monoisotopic (exact) mass is 279 g/mol. The standard InChI is InChI=1S/C14H17NO5/c1-13(2,18)15(14(3,4)19)8-5-6-9-10(7-8)12(17)20-11(9)16/h5-7,18-19H,1-4H3. The Hall–Kier alpha value is -1.92. The zero-order valence-electron chi connectivity index (χ0n) is 11.8. The van der Waals surface area contributed by atoms with E-state index in [0.29, 0.717) is 5.69 Å². The predicted molar refractivity (Wildman–Crippen MR) is 71.3 cm³/mol. The summed E-state index contributed by atoms with van der Waals surface area (Å²) in [4.78, 5) is 24.3. The van der Waals surface area contributed by atoms with Gasteiger partial charge in [0, 0.05) is 5.69 Å². The summed E-state index contributed by atoms with van der Waals surface area (Å²) in [6, 6.07) is 4.43. The molecule has 0 saturated carbocycles. The maximum atomic E-state index is 11.6. The summed E-state index contributed by atoms with van der Waals surface area (Å²) < 4.78 is 4.52. The molecule has 0 fully saturated rings. The number of aliphatic hydroxyl groups is 2. The van der Waals surface area contributed by atoms with Crippen LogP contribution in [0.3, 0.4) is 0 Å². The van der Waals surface area contributed by atoms with Crippen molar-refractivity contribution in [2.45, 2.75) is 39.1 Å². The van der Waals surface area contributed by atoms with Crippen LogP contribution >= 0.6 is 0 Å². The summed E-state index contributed by atoms with van der Waals surface area (Å²) in [5, 5.41) is 20.4. The molecule has 0 spiro atoms. The Balaban J connectivity index is 2.55. The highest BCUT2D eigenvalue weighted by Gasteiger charge is 2.37. The SMILES string of the molecule is CC(C)(O)N(c1ccc2c(c1)C(=O)OC2=O)C(C)(C)O. The predicted octanol–water partition coefficient (Wildman–Crippen LogP) is 1.26. The molecule has 108 valence electrons. The third kappa shape index (κ3) is 2.39. The number of carbonyl (C=O) groups is 2. The molecule has 1 heterocycles. The lowest BCUT2D eigenvalue weighted by molar-refractivity contribution is -0.0201. The second kappa shape index (κ2) is 4.29. The van der Waals surface area contributed by atoms with E-state index in [1.54, 1.807) is 6.07 Å². The van der Waals surface area contributed by atoms with Crippen LogP contribution in [0.1, 0.15) is 48.4 Å². The van der Waals surface area contributed by atoms with E-state index in [9.17, 15) is 19.8 Å². The average Bonchev–Trinajstić information content (AvgIpc) is 2.50. The number of nitrogens with zero attached hydrogens (tertiary/aromatic N) is 1. The molecule has 0 amide bonds. The van der Waals surface area contributed by atoms with Crippen LogP contribution in [-0.2, 0) is 4.74 Å². The van der Waals surface area contributed by atoms with Crippen molar-refractivity contribution in [3.63, 3.8) is 0 Å². The van der Waals surface area contributed by atoms with Crippen molar-refractivity contribution in [1.29, 1.82) is 0 Å². The lowest BCUT2D eigenvalue weighted by atomic mass is 10.0. The number of anilines is 1. The number of carbonyl (C=O) groups excluding carboxylic acids is 2. The van der Waals surface area contributed by atoms with E-state index in [4.69, 9.17) is 0 Å². The molecule has 2 rings (SSSR count). The number of cyclic esters (lactones) is 2. The highest BCUT2D eigenvalue weighted by molar-refractivity contribution is 6.15. The first kappa shape index (κ1) is 14.5. The van der Waals surface area contributed by atoms with E-state index >= 15 is 0 Å². The first-order valence-corrected chi connectivity index (χ1v) is 6.17. The van der Waals surface area contributed by atoms with Crippen molar-refractivity contribution < 1.29 is 24.5 Å². The van der Waals surface area contributed by atoms with Gasteiger partial charge < -0.3 is 19.8 Å². The normalized spacial score (nSPS) is 15.1. The van der Waals surface area contributed by atoms with Crippen molar-refractivity contribution in [1.82, 2.24) is 0 Å². The molecule has 0 aliphatic carbocycles. The van der Waals surface area contributed by atoms with Crippen LogP contribution in [0.15, 0.2) is 18.2 Å². The van der Waals surface area contributed by atoms with Crippen molar-refractivity contribution in [2.24, 2.45) is 0 Å². The molecule has 1 aliphatic rings. The molecule has 2 N–H and O–H groups in total. The minimum absolute atomic E-state index is 0.131. The number of esters is 2. The first-order valence-electron chi connectivity index (χ1n) is 6.17. The highest BCUT2D eigenvalue weighted by Crippen LogP contribution is 2.33. The quantitative estimate of drug-likeness (QED) is 0.492. The molecule has 0 saturated heterocycles. The fourth-order valence-corrected chi connectivity index (χ4v) is 2.51. The summed E-state index contributed by atoms with van der Waals surface area (Å²) in [6.45, 7) is 6.06. The van der Waals surface area contributed by atoms with E-state index in [0.717, 1.165) is 0 Å². The molecule has 6 nitrogen and oxygen atoms in total. The van der Waals surface area contributed by atoms with Gasteiger partial charge in [-0.15, -0.1) is 0 Å². The molecule has 1 aromatic carbocycles. The Morgan fingerprint density at radius 1 is 0.950 bits per heavy atom. The van der Waals surface area contributed by atoms with Crippen molar-refractivity contribution >= 4 is 17.6 Å². The van der Waals surface area contributed by atoms with E-state index < -0.39 is 23.4 Å². The van der Waals surface area contributed by atoms with Crippen molar-refractivity contribution in [2.75, 3.05) is 4.90 Å². The fraction of sp³-hybridized carbons (Fsp3) is 0.429. The number of ether oxygens (including phenoxy) is 1. The van der Waals surface area contributed by atoms with Gasteiger partial charge in [-0.3, -0.25) is 0 Å². The van der Waals surface area contributed by atoms with Crippen LogP contribution in [0, 0.1) is 0 Å². The van der Waals surface area contributed by atoms with Gasteiger partial charge in [0.15, 0.2) is 0 Å². The summed E-state index contributed by atoms with van der Waals surface area (Å²) >= 11 is 0. The van der Waals surface area contributed by atoms with Crippen molar-refractivity contribution in [3.8, 4) is 0 Å². The lowest BCUT2D eigenvalue weighted by Crippen LogP contribution is -2.56. The molecule has 0 unspecified atom stereocenters. The third-order valence-corrected chi connectivity index (χ3v) is 2.98. The maximum Gasteiger partial charge on any atom is 0.346 e. The number of rotatable bonds is 3. The third-order valence-electron chi connectivity index (χ3n) is 2.98. The van der Waals surface area contributed by atoms with Crippen molar-refractivity contribution in [3.05, 3.63) is 29.3 Å². The van der Waals surface area contributed by atoms with Crippen LogP contribution in [-0.4, -0.2) is 33.6 Å². The molecule has 6 heteroatoms. The van der Waals surface area contributed by atoms with Gasteiger partial charge in [0.2, 0.25) is 0 Å².